The molecule has 3 N–H and O–H groups in total. The first-order valence-corrected chi connectivity index (χ1v) is 11.5. The Hall–Kier alpha value is -2.32. The van der Waals surface area contributed by atoms with E-state index in [0.29, 0.717) is 17.4 Å². The van der Waals surface area contributed by atoms with Gasteiger partial charge in [0.1, 0.15) is 0 Å². The second-order valence-electron chi connectivity index (χ2n) is 8.08. The monoisotopic (exact) mass is 418 g/mol. The molecule has 1 aromatic heterocycles. The van der Waals surface area contributed by atoms with Gasteiger partial charge in [-0.2, -0.15) is 8.42 Å². The van der Waals surface area contributed by atoms with E-state index in [9.17, 15) is 18.3 Å². The predicted octanol–water partition coefficient (Wildman–Crippen LogP) is 3.85. The van der Waals surface area contributed by atoms with Crippen LogP contribution in [0.25, 0.3) is 0 Å². The highest BCUT2D eigenvalue weighted by atomic mass is 32.2. The number of rotatable bonds is 6. The van der Waals surface area contributed by atoms with Crippen LogP contribution in [0.15, 0.2) is 34.0 Å². The van der Waals surface area contributed by atoms with E-state index in [2.05, 4.69) is 24.4 Å². The van der Waals surface area contributed by atoms with Crippen LogP contribution in [0, 0.1) is 5.92 Å². The van der Waals surface area contributed by atoms with Gasteiger partial charge in [0.25, 0.3) is 10.0 Å². The molecule has 1 fully saturated rings. The lowest BCUT2D eigenvalue weighted by Gasteiger charge is -2.20. The number of urea groups is 1. The molecule has 0 unspecified atom stereocenters. The molecule has 2 aliphatic rings. The smallest absolute Gasteiger partial charge is 0.333 e. The minimum absolute atomic E-state index is 0.312. The number of benzene rings is 1. The van der Waals surface area contributed by atoms with Crippen LogP contribution in [-0.2, 0) is 22.9 Å². The minimum atomic E-state index is -4.18. The molecule has 0 saturated heterocycles. The van der Waals surface area contributed by atoms with Gasteiger partial charge in [-0.25, -0.2) is 9.52 Å². The number of hydrogen-bond donors (Lipinski definition) is 3. The van der Waals surface area contributed by atoms with Crippen molar-refractivity contribution in [3.63, 3.8) is 0 Å². The standard InChI is InChI=1S/C21H26N2O5S/c1-12(14-6-7-14)17-9-8-15-4-3-5-18(15)20(17)22-21(25)23-29(26,27)19-10-16(11-28-19)13(2)24/h8-14,24H,3-7H2,1-2H3,(H2,22,23,25)/t12-,13-/m1/s1. The first kappa shape index (κ1) is 20.0. The Labute approximate surface area is 170 Å². The summed E-state index contributed by atoms with van der Waals surface area (Å²) in [6.07, 6.45) is 5.53. The quantitative estimate of drug-likeness (QED) is 0.660. The molecule has 0 spiro atoms. The highest BCUT2D eigenvalue weighted by Crippen LogP contribution is 2.46. The summed E-state index contributed by atoms with van der Waals surface area (Å²) in [4.78, 5) is 12.6. The van der Waals surface area contributed by atoms with Crippen molar-refractivity contribution in [1.82, 2.24) is 4.72 Å². The molecule has 0 radical (unpaired) electrons. The van der Waals surface area contributed by atoms with Crippen molar-refractivity contribution in [1.29, 1.82) is 0 Å². The number of anilines is 1. The van der Waals surface area contributed by atoms with E-state index in [1.54, 1.807) is 0 Å². The molecule has 29 heavy (non-hydrogen) atoms. The summed E-state index contributed by atoms with van der Waals surface area (Å²) >= 11 is 0. The maximum Gasteiger partial charge on any atom is 0.333 e. The van der Waals surface area contributed by atoms with Crippen LogP contribution in [-0.4, -0.2) is 19.6 Å². The maximum atomic E-state index is 12.6. The van der Waals surface area contributed by atoms with Crippen LogP contribution in [0.4, 0.5) is 10.5 Å². The second-order valence-corrected chi connectivity index (χ2v) is 9.70. The van der Waals surface area contributed by atoms with Gasteiger partial charge in [0.15, 0.2) is 0 Å². The van der Waals surface area contributed by atoms with Crippen molar-refractivity contribution >= 4 is 21.7 Å². The molecular weight excluding hydrogens is 392 g/mol. The van der Waals surface area contributed by atoms with Crippen LogP contribution in [0.5, 0.6) is 0 Å². The number of carbonyl (C=O) groups excluding carboxylic acids is 1. The third-order valence-electron chi connectivity index (χ3n) is 5.94. The van der Waals surface area contributed by atoms with E-state index in [1.165, 1.54) is 31.4 Å². The largest absolute Gasteiger partial charge is 0.451 e. The molecule has 2 aromatic rings. The Morgan fingerprint density at radius 3 is 2.66 bits per heavy atom. The summed E-state index contributed by atoms with van der Waals surface area (Å²) in [5, 5.41) is 11.9. The lowest BCUT2D eigenvalue weighted by atomic mass is 9.91. The Morgan fingerprint density at radius 2 is 2.00 bits per heavy atom. The number of amides is 2. The van der Waals surface area contributed by atoms with Crippen molar-refractivity contribution in [2.45, 2.75) is 63.1 Å². The van der Waals surface area contributed by atoms with Gasteiger partial charge in [0.2, 0.25) is 5.09 Å². The normalized spacial score (nSPS) is 18.2. The summed E-state index contributed by atoms with van der Waals surface area (Å²) in [6.45, 7) is 3.66. The maximum absolute atomic E-state index is 12.6. The fourth-order valence-corrected chi connectivity index (χ4v) is 4.93. The van der Waals surface area contributed by atoms with Gasteiger partial charge in [0.05, 0.1) is 12.4 Å². The van der Waals surface area contributed by atoms with E-state index < -0.39 is 27.3 Å². The van der Waals surface area contributed by atoms with Crippen molar-refractivity contribution in [2.75, 3.05) is 5.32 Å². The minimum Gasteiger partial charge on any atom is -0.451 e. The fraction of sp³-hybridized carbons (Fsp3) is 0.476. The van der Waals surface area contributed by atoms with Crippen molar-refractivity contribution < 1.29 is 22.7 Å². The van der Waals surface area contributed by atoms with Crippen molar-refractivity contribution in [3.05, 3.63) is 46.7 Å². The number of fused-ring (bicyclic) bond motifs is 1. The SMILES string of the molecule is C[C@@H](O)c1coc(S(=O)(=O)NC(=O)Nc2c([C@H](C)C3CC3)ccc3c2CCC3)c1. The summed E-state index contributed by atoms with van der Waals surface area (Å²) in [5.41, 5.74) is 4.46. The van der Waals surface area contributed by atoms with E-state index in [4.69, 9.17) is 4.42 Å². The molecule has 1 aromatic carbocycles. The van der Waals surface area contributed by atoms with Gasteiger partial charge in [-0.05, 0) is 67.6 Å². The van der Waals surface area contributed by atoms with Gasteiger partial charge in [-0.3, -0.25) is 0 Å². The molecule has 1 heterocycles. The van der Waals surface area contributed by atoms with Crippen LogP contribution < -0.4 is 10.0 Å². The number of sulfonamides is 1. The molecule has 2 aliphatic carbocycles. The summed E-state index contributed by atoms with van der Waals surface area (Å²) < 4.78 is 32.0. The zero-order chi connectivity index (χ0) is 20.8. The van der Waals surface area contributed by atoms with Crippen molar-refractivity contribution in [3.8, 4) is 0 Å². The van der Waals surface area contributed by atoms with Crippen LogP contribution in [0.1, 0.15) is 67.4 Å². The Morgan fingerprint density at radius 1 is 1.24 bits per heavy atom. The predicted molar refractivity (Wildman–Crippen MR) is 108 cm³/mol. The van der Waals surface area contributed by atoms with Crippen LogP contribution >= 0.6 is 0 Å². The molecule has 7 nitrogen and oxygen atoms in total. The Balaban J connectivity index is 1.57. The molecule has 4 rings (SSSR count). The number of furan rings is 1. The number of carbonyl (C=O) groups is 1. The molecular formula is C21H26N2O5S. The van der Waals surface area contributed by atoms with Gasteiger partial charge < -0.3 is 14.8 Å². The number of aliphatic hydroxyl groups excluding tert-OH is 1. The summed E-state index contributed by atoms with van der Waals surface area (Å²) in [6, 6.07) is 4.60. The highest BCUT2D eigenvalue weighted by Gasteiger charge is 2.32. The zero-order valence-corrected chi connectivity index (χ0v) is 17.4. The fourth-order valence-electron chi connectivity index (χ4n) is 4.06. The van der Waals surface area contributed by atoms with Gasteiger partial charge in [-0.1, -0.05) is 19.1 Å². The molecule has 8 heteroatoms. The summed E-state index contributed by atoms with van der Waals surface area (Å²) in [5.74, 6) is 0.926. The van der Waals surface area contributed by atoms with E-state index in [1.807, 2.05) is 4.72 Å². The average Bonchev–Trinajstić information content (AvgIpc) is 3.17. The Kier molecular flexibility index (Phi) is 5.16. The van der Waals surface area contributed by atoms with Crippen molar-refractivity contribution in [2.24, 2.45) is 5.92 Å². The van der Waals surface area contributed by atoms with Crippen LogP contribution in [0.2, 0.25) is 0 Å². The van der Waals surface area contributed by atoms with E-state index in [-0.39, 0.29) is 0 Å². The summed E-state index contributed by atoms with van der Waals surface area (Å²) in [7, 11) is -4.18. The third-order valence-corrected chi connectivity index (χ3v) is 7.14. The van der Waals surface area contributed by atoms with Gasteiger partial charge >= 0.3 is 6.03 Å². The number of hydrogen-bond acceptors (Lipinski definition) is 5. The van der Waals surface area contributed by atoms with E-state index in [0.717, 1.165) is 42.3 Å². The molecule has 2 atom stereocenters. The number of aryl methyl sites for hydroxylation is 1. The number of nitrogens with one attached hydrogen (secondary N) is 2. The lowest BCUT2D eigenvalue weighted by Crippen LogP contribution is -2.34. The molecule has 156 valence electrons. The van der Waals surface area contributed by atoms with Gasteiger partial charge in [0, 0.05) is 17.3 Å². The lowest BCUT2D eigenvalue weighted by molar-refractivity contribution is 0.198. The first-order valence-electron chi connectivity index (χ1n) is 10.0. The molecule has 2 amide bonds. The molecule has 0 bridgehead atoms. The molecule has 1 saturated carbocycles. The van der Waals surface area contributed by atoms with E-state index >= 15 is 0 Å². The Bertz CT molecular complexity index is 1040. The topological polar surface area (TPSA) is 109 Å². The number of aliphatic hydroxyl groups is 1. The average molecular weight is 419 g/mol. The second kappa shape index (κ2) is 7.50. The third kappa shape index (κ3) is 4.04. The zero-order valence-electron chi connectivity index (χ0n) is 16.6. The van der Waals surface area contributed by atoms with Gasteiger partial charge in [-0.15, -0.1) is 0 Å². The highest BCUT2D eigenvalue weighted by molar-refractivity contribution is 7.89. The molecule has 0 aliphatic heterocycles. The first-order chi connectivity index (χ1) is 13.8. The van der Waals surface area contributed by atoms with Crippen LogP contribution in [0.3, 0.4) is 0 Å².